The molecule has 0 aliphatic rings. The Balaban J connectivity index is 2.13. The van der Waals surface area contributed by atoms with Crippen molar-refractivity contribution >= 4 is 28.9 Å². The van der Waals surface area contributed by atoms with Gasteiger partial charge in [0.15, 0.2) is 5.11 Å². The molecule has 0 bridgehead atoms. The molecular formula is C17H15F3N2OS. The predicted molar refractivity (Wildman–Crippen MR) is 91.0 cm³/mol. The fourth-order valence-corrected chi connectivity index (χ4v) is 2.48. The van der Waals surface area contributed by atoms with Gasteiger partial charge in [0, 0.05) is 5.56 Å². The number of alkyl halides is 3. The molecular weight excluding hydrogens is 337 g/mol. The van der Waals surface area contributed by atoms with Crippen LogP contribution in [0.25, 0.3) is 0 Å². The number of amides is 1. The Hall–Kier alpha value is -2.41. The zero-order chi connectivity index (χ0) is 17.9. The minimum atomic E-state index is -4.52. The average Bonchev–Trinajstić information content (AvgIpc) is 2.45. The molecule has 0 saturated carbocycles. The molecule has 2 aromatic carbocycles. The van der Waals surface area contributed by atoms with Gasteiger partial charge in [0.1, 0.15) is 0 Å². The zero-order valence-electron chi connectivity index (χ0n) is 13.0. The highest BCUT2D eigenvalue weighted by molar-refractivity contribution is 7.80. The highest BCUT2D eigenvalue weighted by Crippen LogP contribution is 2.34. The second kappa shape index (κ2) is 7.00. The predicted octanol–water partition coefficient (Wildman–Crippen LogP) is 4.45. The number of carbonyl (C=O) groups is 1. The summed E-state index contributed by atoms with van der Waals surface area (Å²) in [5, 5.41) is 4.62. The normalized spacial score (nSPS) is 11.0. The number of aryl methyl sites for hydroxylation is 2. The molecule has 24 heavy (non-hydrogen) atoms. The standard InChI is InChI=1S/C17H15F3N2OS/c1-10-7-11(2)9-12(8-10)15(23)22-16(24)21-14-6-4-3-5-13(14)17(18,19)20/h3-9H,1-2H3,(H2,21,22,23,24). The fourth-order valence-electron chi connectivity index (χ4n) is 2.27. The van der Waals surface area contributed by atoms with E-state index in [1.807, 2.05) is 19.9 Å². The molecule has 2 aromatic rings. The smallest absolute Gasteiger partial charge is 0.332 e. The highest BCUT2D eigenvalue weighted by Gasteiger charge is 2.33. The van der Waals surface area contributed by atoms with E-state index >= 15 is 0 Å². The van der Waals surface area contributed by atoms with Crippen molar-refractivity contribution in [1.82, 2.24) is 5.32 Å². The maximum absolute atomic E-state index is 12.9. The lowest BCUT2D eigenvalue weighted by atomic mass is 10.1. The SMILES string of the molecule is Cc1cc(C)cc(C(=O)NC(=S)Nc2ccccc2C(F)(F)F)c1. The number of hydrogen-bond donors (Lipinski definition) is 2. The first-order chi connectivity index (χ1) is 11.2. The van der Waals surface area contributed by atoms with Gasteiger partial charge in [-0.1, -0.05) is 29.3 Å². The topological polar surface area (TPSA) is 41.1 Å². The number of para-hydroxylation sites is 1. The van der Waals surface area contributed by atoms with Crippen LogP contribution in [0.3, 0.4) is 0 Å². The van der Waals surface area contributed by atoms with Gasteiger partial charge >= 0.3 is 6.18 Å². The number of benzene rings is 2. The van der Waals surface area contributed by atoms with Crippen LogP contribution in [0.2, 0.25) is 0 Å². The van der Waals surface area contributed by atoms with Crippen molar-refractivity contribution in [3.05, 3.63) is 64.7 Å². The summed E-state index contributed by atoms with van der Waals surface area (Å²) in [4.78, 5) is 12.2. The molecule has 1 amide bonds. The Morgan fingerprint density at radius 1 is 1.04 bits per heavy atom. The summed E-state index contributed by atoms with van der Waals surface area (Å²) in [5.41, 5.74) is 1.13. The van der Waals surface area contributed by atoms with Gasteiger partial charge in [-0.15, -0.1) is 0 Å². The van der Waals surface area contributed by atoms with Gasteiger partial charge in [0.2, 0.25) is 0 Å². The third-order valence-electron chi connectivity index (χ3n) is 3.19. The number of carbonyl (C=O) groups excluding carboxylic acids is 1. The average molecular weight is 352 g/mol. The summed E-state index contributed by atoms with van der Waals surface area (Å²) in [5.74, 6) is -0.483. The molecule has 0 heterocycles. The molecule has 0 aromatic heterocycles. The van der Waals surface area contributed by atoms with E-state index in [0.29, 0.717) is 5.56 Å². The van der Waals surface area contributed by atoms with Crippen molar-refractivity contribution in [3.63, 3.8) is 0 Å². The number of thiocarbonyl (C=S) groups is 1. The molecule has 3 nitrogen and oxygen atoms in total. The molecule has 0 aliphatic heterocycles. The number of anilines is 1. The Labute approximate surface area is 142 Å². The Kier molecular flexibility index (Phi) is 5.23. The van der Waals surface area contributed by atoms with E-state index in [4.69, 9.17) is 12.2 Å². The minimum absolute atomic E-state index is 0.198. The fraction of sp³-hybridized carbons (Fsp3) is 0.176. The molecule has 0 atom stereocenters. The van der Waals surface area contributed by atoms with Crippen LogP contribution in [0.15, 0.2) is 42.5 Å². The molecule has 2 rings (SSSR count). The molecule has 0 radical (unpaired) electrons. The number of nitrogens with one attached hydrogen (secondary N) is 2. The number of hydrogen-bond acceptors (Lipinski definition) is 2. The summed E-state index contributed by atoms with van der Waals surface area (Å²) < 4.78 is 38.8. The van der Waals surface area contributed by atoms with Crippen molar-refractivity contribution in [2.75, 3.05) is 5.32 Å². The second-order valence-electron chi connectivity index (χ2n) is 5.33. The Morgan fingerprint density at radius 3 is 2.21 bits per heavy atom. The molecule has 0 aliphatic carbocycles. The van der Waals surface area contributed by atoms with Crippen LogP contribution >= 0.6 is 12.2 Å². The second-order valence-corrected chi connectivity index (χ2v) is 5.74. The lowest BCUT2D eigenvalue weighted by Crippen LogP contribution is -2.34. The molecule has 0 fully saturated rings. The summed E-state index contributed by atoms with van der Waals surface area (Å²) in [6.45, 7) is 3.69. The van der Waals surface area contributed by atoms with E-state index in [-0.39, 0.29) is 10.8 Å². The van der Waals surface area contributed by atoms with Crippen LogP contribution < -0.4 is 10.6 Å². The summed E-state index contributed by atoms with van der Waals surface area (Å²) in [6, 6.07) is 10.2. The van der Waals surface area contributed by atoms with Gasteiger partial charge in [-0.2, -0.15) is 13.2 Å². The van der Waals surface area contributed by atoms with Gasteiger partial charge in [-0.25, -0.2) is 0 Å². The third-order valence-corrected chi connectivity index (χ3v) is 3.40. The third kappa shape index (κ3) is 4.55. The van der Waals surface area contributed by atoms with Gasteiger partial charge < -0.3 is 5.32 Å². The summed E-state index contributed by atoms with van der Waals surface area (Å²) >= 11 is 4.95. The van der Waals surface area contributed by atoms with Gasteiger partial charge in [0.05, 0.1) is 11.3 Å². The quantitative estimate of drug-likeness (QED) is 0.785. The van der Waals surface area contributed by atoms with E-state index in [1.165, 1.54) is 18.2 Å². The van der Waals surface area contributed by atoms with Crippen molar-refractivity contribution in [1.29, 1.82) is 0 Å². The Bertz CT molecular complexity index is 767. The molecule has 0 saturated heterocycles. The van der Waals surface area contributed by atoms with E-state index in [9.17, 15) is 18.0 Å². The molecule has 0 spiro atoms. The first-order valence-corrected chi connectivity index (χ1v) is 7.44. The zero-order valence-corrected chi connectivity index (χ0v) is 13.8. The first kappa shape index (κ1) is 17.9. The van der Waals surface area contributed by atoms with Crippen LogP contribution in [0.5, 0.6) is 0 Å². The van der Waals surface area contributed by atoms with E-state index < -0.39 is 17.6 Å². The largest absolute Gasteiger partial charge is 0.418 e. The van der Waals surface area contributed by atoms with E-state index in [0.717, 1.165) is 17.2 Å². The summed E-state index contributed by atoms with van der Waals surface area (Å²) in [7, 11) is 0. The number of halogens is 3. The van der Waals surface area contributed by atoms with E-state index in [2.05, 4.69) is 10.6 Å². The molecule has 0 unspecified atom stereocenters. The van der Waals surface area contributed by atoms with Crippen LogP contribution in [-0.2, 0) is 6.18 Å². The molecule has 7 heteroatoms. The molecule has 2 N–H and O–H groups in total. The highest BCUT2D eigenvalue weighted by atomic mass is 32.1. The lowest BCUT2D eigenvalue weighted by Gasteiger charge is -2.15. The van der Waals surface area contributed by atoms with Crippen molar-refractivity contribution in [2.45, 2.75) is 20.0 Å². The molecule has 126 valence electrons. The van der Waals surface area contributed by atoms with Crippen LogP contribution in [0.4, 0.5) is 18.9 Å². The van der Waals surface area contributed by atoms with E-state index in [1.54, 1.807) is 12.1 Å². The summed E-state index contributed by atoms with van der Waals surface area (Å²) in [6.07, 6.45) is -4.52. The van der Waals surface area contributed by atoms with Crippen molar-refractivity contribution < 1.29 is 18.0 Å². The van der Waals surface area contributed by atoms with Gasteiger partial charge in [-0.05, 0) is 50.3 Å². The number of rotatable bonds is 2. The maximum Gasteiger partial charge on any atom is 0.418 e. The monoisotopic (exact) mass is 352 g/mol. The van der Waals surface area contributed by atoms with Gasteiger partial charge in [0.25, 0.3) is 5.91 Å². The van der Waals surface area contributed by atoms with Crippen LogP contribution in [-0.4, -0.2) is 11.0 Å². The maximum atomic E-state index is 12.9. The van der Waals surface area contributed by atoms with Crippen molar-refractivity contribution in [3.8, 4) is 0 Å². The van der Waals surface area contributed by atoms with Crippen molar-refractivity contribution in [2.24, 2.45) is 0 Å². The van der Waals surface area contributed by atoms with Gasteiger partial charge in [-0.3, -0.25) is 10.1 Å². The van der Waals surface area contributed by atoms with Crippen LogP contribution in [0.1, 0.15) is 27.0 Å². The van der Waals surface area contributed by atoms with Crippen LogP contribution in [0, 0.1) is 13.8 Å². The lowest BCUT2D eigenvalue weighted by molar-refractivity contribution is -0.136. The first-order valence-electron chi connectivity index (χ1n) is 7.03. The Morgan fingerprint density at radius 2 is 1.62 bits per heavy atom. The minimum Gasteiger partial charge on any atom is -0.332 e.